The van der Waals surface area contributed by atoms with E-state index in [4.69, 9.17) is 17.0 Å². The largest absolute Gasteiger partial charge is 0.381 e. The van der Waals surface area contributed by atoms with E-state index in [-0.39, 0.29) is 0 Å². The van der Waals surface area contributed by atoms with E-state index in [1.807, 2.05) is 0 Å². The molecule has 16 heavy (non-hydrogen) atoms. The van der Waals surface area contributed by atoms with E-state index in [1.165, 1.54) is 25.7 Å². The van der Waals surface area contributed by atoms with Crippen LogP contribution in [0.3, 0.4) is 0 Å². The summed E-state index contributed by atoms with van der Waals surface area (Å²) in [5.74, 6) is 0.740. The van der Waals surface area contributed by atoms with Gasteiger partial charge in [-0.3, -0.25) is 0 Å². The van der Waals surface area contributed by atoms with Gasteiger partial charge in [0, 0.05) is 33.4 Å². The quantitative estimate of drug-likeness (QED) is 0.591. The summed E-state index contributed by atoms with van der Waals surface area (Å²) >= 11 is 5.34. The molecule has 4 heteroatoms. The summed E-state index contributed by atoms with van der Waals surface area (Å²) in [6.07, 6.45) is 4.73. The molecule has 1 heterocycles. The maximum absolute atomic E-state index is 5.35. The molecule has 0 unspecified atom stereocenters. The Morgan fingerprint density at radius 2 is 2.12 bits per heavy atom. The SMILES string of the molecule is CCCCNC(=S)N(C)CC1CCOCC1. The van der Waals surface area contributed by atoms with Gasteiger partial charge in [-0.05, 0) is 37.4 Å². The molecule has 0 amide bonds. The van der Waals surface area contributed by atoms with Crippen molar-refractivity contribution in [3.8, 4) is 0 Å². The fraction of sp³-hybridized carbons (Fsp3) is 0.917. The zero-order valence-electron chi connectivity index (χ0n) is 10.5. The smallest absolute Gasteiger partial charge is 0.168 e. The van der Waals surface area contributed by atoms with E-state index in [0.717, 1.165) is 37.3 Å². The standard InChI is InChI=1S/C12H24N2OS/c1-3-4-7-13-12(16)14(2)10-11-5-8-15-9-6-11/h11H,3-10H2,1-2H3,(H,13,16). The number of hydrogen-bond acceptors (Lipinski definition) is 2. The zero-order chi connectivity index (χ0) is 11.8. The monoisotopic (exact) mass is 244 g/mol. The molecule has 0 aliphatic carbocycles. The normalized spacial score (nSPS) is 17.1. The van der Waals surface area contributed by atoms with Gasteiger partial charge in [-0.2, -0.15) is 0 Å². The van der Waals surface area contributed by atoms with Crippen LogP contribution < -0.4 is 5.32 Å². The summed E-state index contributed by atoms with van der Waals surface area (Å²) in [6, 6.07) is 0. The van der Waals surface area contributed by atoms with Crippen molar-refractivity contribution in [2.24, 2.45) is 5.92 Å². The third kappa shape index (κ3) is 5.12. The zero-order valence-corrected chi connectivity index (χ0v) is 11.3. The topological polar surface area (TPSA) is 24.5 Å². The molecule has 1 aliphatic heterocycles. The van der Waals surface area contributed by atoms with Crippen LogP contribution in [0.1, 0.15) is 32.6 Å². The van der Waals surface area contributed by atoms with Crippen molar-refractivity contribution in [1.82, 2.24) is 10.2 Å². The molecule has 1 saturated heterocycles. The van der Waals surface area contributed by atoms with Gasteiger partial charge in [-0.15, -0.1) is 0 Å². The van der Waals surface area contributed by atoms with E-state index in [9.17, 15) is 0 Å². The number of rotatable bonds is 5. The van der Waals surface area contributed by atoms with E-state index < -0.39 is 0 Å². The highest BCUT2D eigenvalue weighted by molar-refractivity contribution is 7.80. The summed E-state index contributed by atoms with van der Waals surface area (Å²) < 4.78 is 5.35. The summed E-state index contributed by atoms with van der Waals surface area (Å²) in [7, 11) is 2.08. The van der Waals surface area contributed by atoms with Gasteiger partial charge >= 0.3 is 0 Å². The van der Waals surface area contributed by atoms with Gasteiger partial charge in [0.15, 0.2) is 5.11 Å². The average molecular weight is 244 g/mol. The van der Waals surface area contributed by atoms with Crippen molar-refractivity contribution < 1.29 is 4.74 Å². The molecular weight excluding hydrogens is 220 g/mol. The van der Waals surface area contributed by atoms with Gasteiger partial charge in [0.05, 0.1) is 0 Å². The fourth-order valence-corrected chi connectivity index (χ4v) is 2.08. The van der Waals surface area contributed by atoms with Crippen LogP contribution in [0.25, 0.3) is 0 Å². The van der Waals surface area contributed by atoms with E-state index >= 15 is 0 Å². The lowest BCUT2D eigenvalue weighted by Crippen LogP contribution is -2.41. The molecule has 0 aromatic heterocycles. The Labute approximate surface area is 105 Å². The number of hydrogen-bond donors (Lipinski definition) is 1. The molecule has 0 radical (unpaired) electrons. The molecule has 0 atom stereocenters. The minimum absolute atomic E-state index is 0.740. The average Bonchev–Trinajstić information content (AvgIpc) is 2.30. The molecule has 0 aromatic rings. The van der Waals surface area contributed by atoms with Gasteiger partial charge in [0.1, 0.15) is 0 Å². The van der Waals surface area contributed by atoms with Crippen molar-refractivity contribution in [2.45, 2.75) is 32.6 Å². The predicted molar refractivity (Wildman–Crippen MR) is 71.7 cm³/mol. The van der Waals surface area contributed by atoms with Crippen molar-refractivity contribution in [1.29, 1.82) is 0 Å². The van der Waals surface area contributed by atoms with Crippen LogP contribution in [-0.4, -0.2) is 43.4 Å². The van der Waals surface area contributed by atoms with Gasteiger partial charge in [0.2, 0.25) is 0 Å². The molecule has 0 saturated carbocycles. The summed E-state index contributed by atoms with van der Waals surface area (Å²) in [5.41, 5.74) is 0. The first-order valence-electron chi connectivity index (χ1n) is 6.30. The number of nitrogens with zero attached hydrogens (tertiary/aromatic N) is 1. The van der Waals surface area contributed by atoms with Crippen molar-refractivity contribution >= 4 is 17.3 Å². The molecule has 1 rings (SSSR count). The lowest BCUT2D eigenvalue weighted by molar-refractivity contribution is 0.0612. The first-order valence-corrected chi connectivity index (χ1v) is 6.71. The highest BCUT2D eigenvalue weighted by Crippen LogP contribution is 2.15. The first kappa shape index (κ1) is 13.7. The Morgan fingerprint density at radius 3 is 2.75 bits per heavy atom. The second kappa shape index (κ2) is 7.85. The van der Waals surface area contributed by atoms with Crippen LogP contribution >= 0.6 is 12.2 Å². The second-order valence-corrected chi connectivity index (χ2v) is 4.91. The van der Waals surface area contributed by atoms with Gasteiger partial charge in [-0.1, -0.05) is 13.3 Å². The van der Waals surface area contributed by atoms with Crippen LogP contribution in [0, 0.1) is 5.92 Å². The summed E-state index contributed by atoms with van der Waals surface area (Å²) in [6.45, 7) is 6.06. The van der Waals surface area contributed by atoms with Gasteiger partial charge in [-0.25, -0.2) is 0 Å². The van der Waals surface area contributed by atoms with Crippen LogP contribution in [-0.2, 0) is 4.74 Å². The Morgan fingerprint density at radius 1 is 1.44 bits per heavy atom. The van der Waals surface area contributed by atoms with E-state index in [1.54, 1.807) is 0 Å². The molecule has 0 aromatic carbocycles. The van der Waals surface area contributed by atoms with Gasteiger partial charge in [0.25, 0.3) is 0 Å². The van der Waals surface area contributed by atoms with Crippen molar-refractivity contribution in [3.63, 3.8) is 0 Å². The van der Waals surface area contributed by atoms with Crippen LogP contribution in [0.5, 0.6) is 0 Å². The van der Waals surface area contributed by atoms with Gasteiger partial charge < -0.3 is 15.0 Å². The first-order chi connectivity index (χ1) is 7.74. The molecule has 0 spiro atoms. The molecule has 1 fully saturated rings. The fourth-order valence-electron chi connectivity index (χ4n) is 1.91. The molecule has 3 nitrogen and oxygen atoms in total. The number of thiocarbonyl (C=S) groups is 1. The molecule has 0 bridgehead atoms. The van der Waals surface area contributed by atoms with Crippen LogP contribution in [0.4, 0.5) is 0 Å². The predicted octanol–water partition coefficient (Wildman–Crippen LogP) is 2.02. The number of nitrogens with one attached hydrogen (secondary N) is 1. The Kier molecular flexibility index (Phi) is 6.73. The minimum Gasteiger partial charge on any atom is -0.381 e. The second-order valence-electron chi connectivity index (χ2n) is 4.52. The van der Waals surface area contributed by atoms with Crippen LogP contribution in [0.2, 0.25) is 0 Å². The maximum atomic E-state index is 5.35. The minimum atomic E-state index is 0.740. The molecular formula is C12H24N2OS. The summed E-state index contributed by atoms with van der Waals surface area (Å²) in [4.78, 5) is 2.17. The highest BCUT2D eigenvalue weighted by atomic mass is 32.1. The van der Waals surface area contributed by atoms with Crippen LogP contribution in [0.15, 0.2) is 0 Å². The number of unbranched alkanes of at least 4 members (excludes halogenated alkanes) is 1. The van der Waals surface area contributed by atoms with Crippen molar-refractivity contribution in [3.05, 3.63) is 0 Å². The molecule has 1 N–H and O–H groups in total. The molecule has 1 aliphatic rings. The molecule has 94 valence electrons. The van der Waals surface area contributed by atoms with E-state index in [2.05, 4.69) is 24.2 Å². The lowest BCUT2D eigenvalue weighted by Gasteiger charge is -2.28. The van der Waals surface area contributed by atoms with E-state index in [0.29, 0.717) is 0 Å². The Balaban J connectivity index is 2.16. The lowest BCUT2D eigenvalue weighted by atomic mass is 10.0. The Bertz CT molecular complexity index is 205. The Hall–Kier alpha value is -0.350. The maximum Gasteiger partial charge on any atom is 0.168 e. The number of ether oxygens (including phenoxy) is 1. The third-order valence-corrected chi connectivity index (χ3v) is 3.48. The highest BCUT2D eigenvalue weighted by Gasteiger charge is 2.16. The third-order valence-electron chi connectivity index (χ3n) is 3.03. The summed E-state index contributed by atoms with van der Waals surface area (Å²) in [5, 5.41) is 4.19. The van der Waals surface area contributed by atoms with Crippen molar-refractivity contribution in [2.75, 3.05) is 33.4 Å².